The van der Waals surface area contributed by atoms with Crippen LogP contribution >= 0.6 is 22.6 Å². The second kappa shape index (κ2) is 4.90. The highest BCUT2D eigenvalue weighted by atomic mass is 127. The molecule has 1 fully saturated rings. The third kappa shape index (κ3) is 3.69. The molecule has 0 bridgehead atoms. The van der Waals surface area contributed by atoms with Crippen molar-refractivity contribution >= 4 is 32.4 Å². The molecule has 78 valence electrons. The van der Waals surface area contributed by atoms with Gasteiger partial charge in [-0.15, -0.1) is 0 Å². The van der Waals surface area contributed by atoms with Crippen molar-refractivity contribution in [1.29, 1.82) is 0 Å². The molecule has 0 aromatic carbocycles. The lowest BCUT2D eigenvalue weighted by Crippen LogP contribution is -2.24. The van der Waals surface area contributed by atoms with Gasteiger partial charge >= 0.3 is 0 Å². The van der Waals surface area contributed by atoms with E-state index in [2.05, 4.69) is 22.6 Å². The first-order valence-corrected chi connectivity index (χ1v) is 7.07. The third-order valence-electron chi connectivity index (χ3n) is 1.85. The number of ether oxygens (including phenoxy) is 2. The van der Waals surface area contributed by atoms with Crippen LogP contribution in [0.4, 0.5) is 0 Å². The van der Waals surface area contributed by atoms with Crippen LogP contribution in [0.3, 0.4) is 0 Å². The Hall–Kier alpha value is 0.600. The zero-order valence-electron chi connectivity index (χ0n) is 7.40. The van der Waals surface area contributed by atoms with E-state index in [0.29, 0.717) is 13.2 Å². The van der Waals surface area contributed by atoms with Gasteiger partial charge in [-0.1, -0.05) is 22.6 Å². The van der Waals surface area contributed by atoms with Gasteiger partial charge < -0.3 is 9.47 Å². The van der Waals surface area contributed by atoms with Crippen LogP contribution < -0.4 is 0 Å². The Morgan fingerprint density at radius 1 is 1.38 bits per heavy atom. The summed E-state index contributed by atoms with van der Waals surface area (Å²) in [5, 5.41) is 0. The molecule has 2 atom stereocenters. The molecule has 13 heavy (non-hydrogen) atoms. The largest absolute Gasteiger partial charge is 0.382 e. The lowest BCUT2D eigenvalue weighted by Gasteiger charge is -2.12. The molecule has 1 aliphatic heterocycles. The Morgan fingerprint density at radius 3 is 2.54 bits per heavy atom. The summed E-state index contributed by atoms with van der Waals surface area (Å²) in [7, 11) is -1.26. The molecule has 4 nitrogen and oxygen atoms in total. The van der Waals surface area contributed by atoms with Crippen molar-refractivity contribution in [1.82, 2.24) is 0 Å². The summed E-state index contributed by atoms with van der Waals surface area (Å²) in [4.78, 5) is 0. The Kier molecular flexibility index (Phi) is 4.40. The standard InChI is InChI=1S/C7H13IO4S/c1-11-2-3-12-7-5-13(9,10)4-6(7)8/h6-7H,2-5H2,1H3. The molecule has 0 aromatic rings. The van der Waals surface area contributed by atoms with Gasteiger partial charge in [0.1, 0.15) is 0 Å². The summed E-state index contributed by atoms with van der Waals surface area (Å²) < 4.78 is 32.6. The molecular formula is C7H13IO4S. The number of alkyl halides is 1. The number of halogens is 1. The number of rotatable bonds is 4. The van der Waals surface area contributed by atoms with E-state index in [0.717, 1.165) is 0 Å². The fourth-order valence-electron chi connectivity index (χ4n) is 1.21. The SMILES string of the molecule is COCCOC1CS(=O)(=O)CC1I. The molecule has 1 heterocycles. The monoisotopic (exact) mass is 320 g/mol. The van der Waals surface area contributed by atoms with Gasteiger partial charge in [-0.05, 0) is 0 Å². The van der Waals surface area contributed by atoms with Crippen molar-refractivity contribution in [3.05, 3.63) is 0 Å². The summed E-state index contributed by atoms with van der Waals surface area (Å²) in [6, 6.07) is 0. The molecule has 6 heteroatoms. The molecule has 0 aliphatic carbocycles. The van der Waals surface area contributed by atoms with E-state index < -0.39 is 9.84 Å². The third-order valence-corrected chi connectivity index (χ3v) is 5.40. The average molecular weight is 320 g/mol. The van der Waals surface area contributed by atoms with E-state index in [1.165, 1.54) is 0 Å². The van der Waals surface area contributed by atoms with Gasteiger partial charge in [0.05, 0.1) is 34.7 Å². The number of hydrogen-bond donors (Lipinski definition) is 0. The second-order valence-electron chi connectivity index (χ2n) is 2.99. The zero-order chi connectivity index (χ0) is 9.90. The topological polar surface area (TPSA) is 52.6 Å². The van der Waals surface area contributed by atoms with Gasteiger partial charge in [-0.3, -0.25) is 0 Å². The Labute approximate surface area is 92.0 Å². The number of hydrogen-bond acceptors (Lipinski definition) is 4. The van der Waals surface area contributed by atoms with Crippen LogP contribution in [0.25, 0.3) is 0 Å². The van der Waals surface area contributed by atoms with Gasteiger partial charge in [-0.2, -0.15) is 0 Å². The van der Waals surface area contributed by atoms with Crippen molar-refractivity contribution in [3.8, 4) is 0 Å². The molecule has 0 amide bonds. The predicted molar refractivity (Wildman–Crippen MR) is 58.1 cm³/mol. The van der Waals surface area contributed by atoms with Crippen LogP contribution in [0.5, 0.6) is 0 Å². The maximum atomic E-state index is 11.2. The van der Waals surface area contributed by atoms with Crippen molar-refractivity contribution < 1.29 is 17.9 Å². The Balaban J connectivity index is 2.36. The molecule has 0 N–H and O–H groups in total. The van der Waals surface area contributed by atoms with Gasteiger partial charge in [0.2, 0.25) is 0 Å². The van der Waals surface area contributed by atoms with Crippen LogP contribution in [0.1, 0.15) is 0 Å². The molecule has 0 saturated carbocycles. The second-order valence-corrected chi connectivity index (χ2v) is 6.75. The van der Waals surface area contributed by atoms with Crippen LogP contribution in [0.15, 0.2) is 0 Å². The highest BCUT2D eigenvalue weighted by molar-refractivity contribution is 14.1. The fourth-order valence-corrected chi connectivity index (χ4v) is 5.32. The number of sulfone groups is 1. The van der Waals surface area contributed by atoms with Crippen LogP contribution in [0, 0.1) is 0 Å². The minimum absolute atomic E-state index is 0.0828. The van der Waals surface area contributed by atoms with Gasteiger partial charge in [0, 0.05) is 7.11 Å². The number of methoxy groups -OCH3 is 1. The van der Waals surface area contributed by atoms with E-state index in [9.17, 15) is 8.42 Å². The molecule has 1 rings (SSSR count). The van der Waals surface area contributed by atoms with Crippen LogP contribution in [-0.4, -0.2) is 50.3 Å². The van der Waals surface area contributed by atoms with E-state index in [-0.39, 0.29) is 21.5 Å². The van der Waals surface area contributed by atoms with E-state index in [1.807, 2.05) is 0 Å². The average Bonchev–Trinajstić information content (AvgIpc) is 2.25. The molecule has 1 saturated heterocycles. The van der Waals surface area contributed by atoms with Gasteiger partial charge in [0.15, 0.2) is 9.84 Å². The van der Waals surface area contributed by atoms with Crippen molar-refractivity contribution in [2.75, 3.05) is 31.8 Å². The molecular weight excluding hydrogens is 307 g/mol. The minimum Gasteiger partial charge on any atom is -0.382 e. The molecule has 1 aliphatic rings. The highest BCUT2D eigenvalue weighted by Gasteiger charge is 2.36. The zero-order valence-corrected chi connectivity index (χ0v) is 10.4. The van der Waals surface area contributed by atoms with Crippen molar-refractivity contribution in [2.24, 2.45) is 0 Å². The summed E-state index contributed by atoms with van der Waals surface area (Å²) in [6.45, 7) is 0.982. The molecule has 0 aromatic heterocycles. The smallest absolute Gasteiger partial charge is 0.154 e. The lowest BCUT2D eigenvalue weighted by atomic mass is 10.3. The maximum absolute atomic E-state index is 11.2. The molecule has 2 unspecified atom stereocenters. The predicted octanol–water partition coefficient (Wildman–Crippen LogP) is 0.250. The first-order valence-electron chi connectivity index (χ1n) is 4.00. The quantitative estimate of drug-likeness (QED) is 0.423. The maximum Gasteiger partial charge on any atom is 0.154 e. The summed E-state index contributed by atoms with van der Waals surface area (Å²) in [5.74, 6) is 0.398. The lowest BCUT2D eigenvalue weighted by molar-refractivity contribution is 0.0340. The van der Waals surface area contributed by atoms with E-state index >= 15 is 0 Å². The van der Waals surface area contributed by atoms with Crippen molar-refractivity contribution in [2.45, 2.75) is 10.0 Å². The van der Waals surface area contributed by atoms with Crippen molar-refractivity contribution in [3.63, 3.8) is 0 Å². The van der Waals surface area contributed by atoms with E-state index in [4.69, 9.17) is 9.47 Å². The minimum atomic E-state index is -2.86. The van der Waals surface area contributed by atoms with Crippen LogP contribution in [-0.2, 0) is 19.3 Å². The first-order chi connectivity index (χ1) is 6.05. The fraction of sp³-hybridized carbons (Fsp3) is 1.00. The van der Waals surface area contributed by atoms with Gasteiger partial charge in [-0.25, -0.2) is 8.42 Å². The normalized spacial score (nSPS) is 32.2. The Bertz CT molecular complexity index is 251. The Morgan fingerprint density at radius 2 is 2.08 bits per heavy atom. The molecule has 0 spiro atoms. The van der Waals surface area contributed by atoms with Crippen LogP contribution in [0.2, 0.25) is 0 Å². The van der Waals surface area contributed by atoms with Gasteiger partial charge in [0.25, 0.3) is 0 Å². The molecule has 0 radical (unpaired) electrons. The first kappa shape index (κ1) is 11.7. The highest BCUT2D eigenvalue weighted by Crippen LogP contribution is 2.22. The summed E-state index contributed by atoms with van der Waals surface area (Å²) >= 11 is 2.13. The summed E-state index contributed by atoms with van der Waals surface area (Å²) in [5.41, 5.74) is 0. The van der Waals surface area contributed by atoms with E-state index in [1.54, 1.807) is 7.11 Å². The summed E-state index contributed by atoms with van der Waals surface area (Å²) in [6.07, 6.45) is -0.152.